The van der Waals surface area contributed by atoms with Crippen LogP contribution in [0.3, 0.4) is 0 Å². The van der Waals surface area contributed by atoms with Gasteiger partial charge in [-0.25, -0.2) is 19.3 Å². The number of allylic oxidation sites excluding steroid dienone is 2. The van der Waals surface area contributed by atoms with Crippen molar-refractivity contribution in [3.8, 4) is 0 Å². The van der Waals surface area contributed by atoms with Gasteiger partial charge >= 0.3 is 18.0 Å². The number of nitrogens with zero attached hydrogens (tertiary/aromatic N) is 1. The van der Waals surface area contributed by atoms with Crippen molar-refractivity contribution < 1.29 is 19.1 Å². The van der Waals surface area contributed by atoms with Gasteiger partial charge in [-0.2, -0.15) is 0 Å². The molecule has 0 atom stereocenters. The highest BCUT2D eigenvalue weighted by Crippen LogP contribution is 2.30. The molecule has 1 saturated heterocycles. The normalized spacial score (nSPS) is 19.2. The third-order valence-electron chi connectivity index (χ3n) is 4.67. The smallest absolute Gasteiger partial charge is 0.332 e. The lowest BCUT2D eigenvalue weighted by molar-refractivity contribution is -0.151. The van der Waals surface area contributed by atoms with Gasteiger partial charge in [-0.15, -0.1) is 0 Å². The summed E-state index contributed by atoms with van der Waals surface area (Å²) in [4.78, 5) is 38.0. The molecule has 0 radical (unpaired) electrons. The number of hydrogen-bond acceptors (Lipinski definition) is 4. The Bertz CT molecular complexity index is 578. The van der Waals surface area contributed by atoms with E-state index in [0.717, 1.165) is 29.7 Å². The molecule has 7 heteroatoms. The van der Waals surface area contributed by atoms with E-state index in [-0.39, 0.29) is 6.61 Å². The van der Waals surface area contributed by atoms with E-state index in [1.807, 2.05) is 45.9 Å². The first kappa shape index (κ1) is 22.7. The molecule has 2 aliphatic rings. The van der Waals surface area contributed by atoms with Crippen LogP contribution in [0.4, 0.5) is 9.59 Å². The number of nitrogens with one attached hydrogen (secondary N) is 2. The molecule has 7 nitrogen and oxygen atoms in total. The molecule has 0 aromatic heterocycles. The average molecular weight is 380 g/mol. The minimum Gasteiger partial charge on any atom is -0.459 e. The molecule has 0 unspecified atom stereocenters. The van der Waals surface area contributed by atoms with Gasteiger partial charge in [0.25, 0.3) is 0 Å². The van der Waals surface area contributed by atoms with Gasteiger partial charge in [-0.05, 0) is 32.3 Å². The third-order valence-corrected chi connectivity index (χ3v) is 4.67. The second-order valence-corrected chi connectivity index (χ2v) is 6.40. The Morgan fingerprint density at radius 1 is 1.22 bits per heavy atom. The van der Waals surface area contributed by atoms with Crippen LogP contribution >= 0.6 is 0 Å². The second kappa shape index (κ2) is 11.4. The minimum atomic E-state index is -1.05. The summed E-state index contributed by atoms with van der Waals surface area (Å²) >= 11 is 0. The molecule has 0 aromatic rings. The van der Waals surface area contributed by atoms with Crippen LogP contribution in [0.25, 0.3) is 0 Å². The number of amides is 4. The van der Waals surface area contributed by atoms with E-state index < -0.39 is 23.6 Å². The van der Waals surface area contributed by atoms with E-state index in [1.54, 1.807) is 0 Å². The fraction of sp³-hybridized carbons (Fsp3) is 0.650. The lowest BCUT2D eigenvalue weighted by atomic mass is 9.81. The van der Waals surface area contributed by atoms with Gasteiger partial charge in [-0.3, -0.25) is 0 Å². The molecule has 27 heavy (non-hydrogen) atoms. The van der Waals surface area contributed by atoms with Gasteiger partial charge < -0.3 is 15.4 Å². The quantitative estimate of drug-likeness (QED) is 0.565. The molecular weight excluding hydrogens is 346 g/mol. The number of ether oxygens (including phenoxy) is 1. The predicted octanol–water partition coefficient (Wildman–Crippen LogP) is 3.52. The average Bonchev–Trinajstić information content (AvgIpc) is 3.13. The Hall–Kier alpha value is -2.31. The fourth-order valence-electron chi connectivity index (χ4n) is 3.20. The van der Waals surface area contributed by atoms with E-state index in [9.17, 15) is 14.4 Å². The Labute approximate surface area is 162 Å². The maximum Gasteiger partial charge on any atom is 0.332 e. The highest BCUT2D eigenvalue weighted by Gasteiger charge is 2.44. The molecule has 152 valence electrons. The second-order valence-electron chi connectivity index (χ2n) is 6.40. The molecule has 2 N–H and O–H groups in total. The highest BCUT2D eigenvalue weighted by molar-refractivity contribution is 5.97. The molecule has 4 amide bonds. The molecule has 1 saturated carbocycles. The molecule has 0 aromatic carbocycles. The molecule has 1 aliphatic carbocycles. The van der Waals surface area contributed by atoms with Crippen LogP contribution in [0, 0.1) is 0 Å². The van der Waals surface area contributed by atoms with Gasteiger partial charge in [0.15, 0.2) is 0 Å². The van der Waals surface area contributed by atoms with Crippen molar-refractivity contribution in [3.05, 3.63) is 23.8 Å². The molecule has 1 aliphatic heterocycles. The van der Waals surface area contributed by atoms with E-state index in [0.29, 0.717) is 25.9 Å². The van der Waals surface area contributed by atoms with Crippen LogP contribution in [-0.2, 0) is 9.53 Å². The van der Waals surface area contributed by atoms with E-state index >= 15 is 0 Å². The van der Waals surface area contributed by atoms with Crippen molar-refractivity contribution >= 4 is 18.0 Å². The Morgan fingerprint density at radius 2 is 1.89 bits per heavy atom. The van der Waals surface area contributed by atoms with Crippen LogP contribution in [-0.4, -0.2) is 48.2 Å². The SMILES string of the molecule is C/C=C\C(=C/C)COC(=O)C1(NC(=O)N2CCNC2=O)CCCCC1.CC. The van der Waals surface area contributed by atoms with Crippen molar-refractivity contribution in [1.29, 1.82) is 0 Å². The Kier molecular flexibility index (Phi) is 9.61. The zero-order chi connectivity index (χ0) is 20.3. The van der Waals surface area contributed by atoms with Crippen LogP contribution in [0.15, 0.2) is 23.8 Å². The third kappa shape index (κ3) is 6.12. The van der Waals surface area contributed by atoms with Crippen molar-refractivity contribution in [2.45, 2.75) is 65.3 Å². The summed E-state index contributed by atoms with van der Waals surface area (Å²) < 4.78 is 5.49. The predicted molar refractivity (Wildman–Crippen MR) is 105 cm³/mol. The van der Waals surface area contributed by atoms with Crippen LogP contribution in [0.1, 0.15) is 59.8 Å². The zero-order valence-corrected chi connectivity index (χ0v) is 17.0. The zero-order valence-electron chi connectivity index (χ0n) is 17.0. The van der Waals surface area contributed by atoms with Crippen LogP contribution < -0.4 is 10.6 Å². The summed E-state index contributed by atoms with van der Waals surface area (Å²) in [6.07, 6.45) is 9.41. The van der Waals surface area contributed by atoms with Gasteiger partial charge in [0.05, 0.1) is 0 Å². The first-order valence-electron chi connectivity index (χ1n) is 9.85. The van der Waals surface area contributed by atoms with E-state index in [1.165, 1.54) is 0 Å². The summed E-state index contributed by atoms with van der Waals surface area (Å²) in [5.41, 5.74) is -0.153. The highest BCUT2D eigenvalue weighted by atomic mass is 16.5. The molecular formula is C20H33N3O4. The number of carbonyl (C=O) groups is 3. The number of imide groups is 1. The summed E-state index contributed by atoms with van der Waals surface area (Å²) in [5.74, 6) is -0.427. The van der Waals surface area contributed by atoms with Gasteiger partial charge in [0.2, 0.25) is 0 Å². The number of esters is 1. The summed E-state index contributed by atoms with van der Waals surface area (Å²) in [6.45, 7) is 8.68. The summed E-state index contributed by atoms with van der Waals surface area (Å²) in [5, 5.41) is 5.38. The topological polar surface area (TPSA) is 87.7 Å². The number of carbonyl (C=O) groups excluding carboxylic acids is 3. The van der Waals surface area contributed by atoms with Gasteiger partial charge in [0.1, 0.15) is 12.1 Å². The largest absolute Gasteiger partial charge is 0.459 e. The summed E-state index contributed by atoms with van der Waals surface area (Å²) in [6, 6.07) is -0.963. The monoisotopic (exact) mass is 379 g/mol. The molecule has 1 heterocycles. The standard InChI is InChI=1S/C18H27N3O4.C2H6/c1-3-8-14(4-2)13-25-15(22)18(9-6-5-7-10-18)20-17(24)21-12-11-19-16(21)23;1-2/h3-4,8H,5-7,9-13H2,1-2H3,(H,19,23)(H,20,24);1-2H3/b8-3-,14-4+;. The minimum absolute atomic E-state index is 0.168. The molecule has 2 fully saturated rings. The van der Waals surface area contributed by atoms with Crippen LogP contribution in [0.2, 0.25) is 0 Å². The number of rotatable bonds is 5. The fourth-order valence-corrected chi connectivity index (χ4v) is 3.20. The van der Waals surface area contributed by atoms with E-state index in [4.69, 9.17) is 4.74 Å². The van der Waals surface area contributed by atoms with Gasteiger partial charge in [0, 0.05) is 13.1 Å². The lowest BCUT2D eigenvalue weighted by Crippen LogP contribution is -2.59. The van der Waals surface area contributed by atoms with Gasteiger partial charge in [-0.1, -0.05) is 51.3 Å². The van der Waals surface area contributed by atoms with Crippen LogP contribution in [0.5, 0.6) is 0 Å². The van der Waals surface area contributed by atoms with Crippen molar-refractivity contribution in [1.82, 2.24) is 15.5 Å². The molecule has 0 bridgehead atoms. The Balaban J connectivity index is 0.00000176. The number of urea groups is 2. The molecule has 2 rings (SSSR count). The van der Waals surface area contributed by atoms with E-state index in [2.05, 4.69) is 10.6 Å². The molecule has 0 spiro atoms. The van der Waals surface area contributed by atoms with Crippen molar-refractivity contribution in [3.63, 3.8) is 0 Å². The Morgan fingerprint density at radius 3 is 2.41 bits per heavy atom. The van der Waals surface area contributed by atoms with Crippen molar-refractivity contribution in [2.24, 2.45) is 0 Å². The summed E-state index contributed by atoms with van der Waals surface area (Å²) in [7, 11) is 0. The van der Waals surface area contributed by atoms with Crippen molar-refractivity contribution in [2.75, 3.05) is 19.7 Å². The first-order valence-corrected chi connectivity index (χ1v) is 9.85. The lowest BCUT2D eigenvalue weighted by Gasteiger charge is -2.36. The maximum atomic E-state index is 12.8. The number of hydrogen-bond donors (Lipinski definition) is 2. The first-order chi connectivity index (χ1) is 13.0. The maximum absolute atomic E-state index is 12.8.